The lowest BCUT2D eigenvalue weighted by molar-refractivity contribution is -0.952. The minimum Gasteiger partial charge on any atom is -0.493 e. The number of hydrogen-bond donors (Lipinski definition) is 0. The summed E-state index contributed by atoms with van der Waals surface area (Å²) in [7, 11) is 1.59. The first-order chi connectivity index (χ1) is 16.3. The van der Waals surface area contributed by atoms with Crippen molar-refractivity contribution in [3.05, 3.63) is 53.5 Å². The van der Waals surface area contributed by atoms with E-state index >= 15 is 0 Å². The fraction of sp³-hybridized carbons (Fsp3) is 0.481. The predicted octanol–water partition coefficient (Wildman–Crippen LogP) is 5.75. The molecule has 1 aliphatic rings. The van der Waals surface area contributed by atoms with Gasteiger partial charge in [-0.1, -0.05) is 5.16 Å². The van der Waals surface area contributed by atoms with E-state index in [1.165, 1.54) is 19.1 Å². The number of ketones is 1. The van der Waals surface area contributed by atoms with E-state index in [0.29, 0.717) is 41.2 Å². The molecule has 1 saturated heterocycles. The van der Waals surface area contributed by atoms with E-state index in [-0.39, 0.29) is 11.6 Å². The second-order valence-electron chi connectivity index (χ2n) is 9.59. The number of ether oxygens (including phenoxy) is 2. The van der Waals surface area contributed by atoms with Crippen LogP contribution in [0.4, 0.5) is 4.39 Å². The molecule has 34 heavy (non-hydrogen) atoms. The molecule has 2 heterocycles. The first-order valence-corrected chi connectivity index (χ1v) is 12.1. The molecular weight excluding hydrogens is 435 g/mol. The molecule has 7 heteroatoms. The van der Waals surface area contributed by atoms with Crippen LogP contribution in [-0.2, 0) is 0 Å². The predicted molar refractivity (Wildman–Crippen MR) is 129 cm³/mol. The van der Waals surface area contributed by atoms with Gasteiger partial charge in [0.2, 0.25) is 0 Å². The van der Waals surface area contributed by atoms with E-state index in [4.69, 9.17) is 14.0 Å². The number of nitrogens with zero attached hydrogens (tertiary/aromatic N) is 2. The molecule has 0 aliphatic carbocycles. The molecule has 1 aromatic heterocycles. The normalized spacial score (nSPS) is 20.6. The van der Waals surface area contributed by atoms with E-state index in [1.807, 2.05) is 6.07 Å². The van der Waals surface area contributed by atoms with Crippen LogP contribution in [0.1, 0.15) is 62.0 Å². The Morgan fingerprint density at radius 1 is 1.18 bits per heavy atom. The molecule has 0 radical (unpaired) electrons. The molecule has 1 aliphatic heterocycles. The number of benzene rings is 2. The van der Waals surface area contributed by atoms with Gasteiger partial charge in [-0.3, -0.25) is 4.79 Å². The van der Waals surface area contributed by atoms with Crippen LogP contribution < -0.4 is 9.47 Å². The maximum atomic E-state index is 13.5. The molecule has 0 amide bonds. The molecule has 6 nitrogen and oxygen atoms in total. The minimum absolute atomic E-state index is 0.00223. The van der Waals surface area contributed by atoms with Gasteiger partial charge >= 0.3 is 0 Å². The van der Waals surface area contributed by atoms with Crippen LogP contribution >= 0.6 is 0 Å². The zero-order valence-corrected chi connectivity index (χ0v) is 20.5. The first-order valence-electron chi connectivity index (χ1n) is 12.1. The number of rotatable bonds is 9. The fourth-order valence-corrected chi connectivity index (χ4v) is 5.15. The van der Waals surface area contributed by atoms with Crippen LogP contribution in [0.2, 0.25) is 0 Å². The van der Waals surface area contributed by atoms with Crippen molar-refractivity contribution < 1.29 is 27.7 Å². The lowest BCUT2D eigenvalue weighted by atomic mass is 9.89. The Hall–Kier alpha value is -2.93. The number of Topliss-reactive ketones (excluding diaryl/α,β-unsaturated/α-hetero) is 1. The SMILES string of the molecule is COc1cc(C(C)=O)ccc1OCCC[N+]1(C(C)C)CCC(c2noc3cc(F)ccc23)CC1. The van der Waals surface area contributed by atoms with Gasteiger partial charge in [-0.25, -0.2) is 4.39 Å². The Morgan fingerprint density at radius 2 is 1.94 bits per heavy atom. The molecular formula is C27H34FN2O4+. The van der Waals surface area contributed by atoms with Gasteiger partial charge in [0.25, 0.3) is 0 Å². The molecule has 3 aromatic rings. The molecule has 0 bridgehead atoms. The van der Waals surface area contributed by atoms with Crippen molar-refractivity contribution in [1.82, 2.24) is 5.16 Å². The quantitative estimate of drug-likeness (QED) is 0.227. The van der Waals surface area contributed by atoms with Gasteiger partial charge in [-0.15, -0.1) is 0 Å². The van der Waals surface area contributed by atoms with Crippen LogP contribution in [0, 0.1) is 5.82 Å². The minimum atomic E-state index is -0.302. The Labute approximate surface area is 200 Å². The highest BCUT2D eigenvalue weighted by Crippen LogP contribution is 2.36. The van der Waals surface area contributed by atoms with Gasteiger partial charge in [-0.2, -0.15) is 0 Å². The summed E-state index contributed by atoms with van der Waals surface area (Å²) in [5, 5.41) is 5.22. The number of likely N-dealkylation sites (tertiary alicyclic amines) is 1. The van der Waals surface area contributed by atoms with Crippen molar-refractivity contribution >= 4 is 16.8 Å². The van der Waals surface area contributed by atoms with Crippen LogP contribution in [0.5, 0.6) is 11.5 Å². The Morgan fingerprint density at radius 3 is 2.62 bits per heavy atom. The monoisotopic (exact) mass is 469 g/mol. The lowest BCUT2D eigenvalue weighted by Gasteiger charge is -2.46. The van der Waals surface area contributed by atoms with E-state index in [1.54, 1.807) is 25.3 Å². The molecule has 182 valence electrons. The summed E-state index contributed by atoms with van der Waals surface area (Å²) < 4.78 is 31.4. The number of carbonyl (C=O) groups is 1. The third-order valence-electron chi connectivity index (χ3n) is 7.37. The average Bonchev–Trinajstić information content (AvgIpc) is 3.25. The van der Waals surface area contributed by atoms with Crippen LogP contribution in [-0.4, -0.2) is 54.8 Å². The van der Waals surface area contributed by atoms with Gasteiger partial charge in [0.15, 0.2) is 22.9 Å². The molecule has 0 atom stereocenters. The summed E-state index contributed by atoms with van der Waals surface area (Å²) in [6, 6.07) is 10.5. The van der Waals surface area contributed by atoms with Crippen molar-refractivity contribution in [3.63, 3.8) is 0 Å². The van der Waals surface area contributed by atoms with Crippen molar-refractivity contribution in [2.75, 3.05) is 33.4 Å². The molecule has 2 aromatic carbocycles. The van der Waals surface area contributed by atoms with Crippen molar-refractivity contribution in [1.29, 1.82) is 0 Å². The molecule has 0 unspecified atom stereocenters. The third kappa shape index (κ3) is 4.94. The Balaban J connectivity index is 1.35. The van der Waals surface area contributed by atoms with E-state index in [2.05, 4.69) is 19.0 Å². The number of quaternary nitrogens is 1. The summed E-state index contributed by atoms with van der Waals surface area (Å²) in [5.74, 6) is 1.28. The zero-order chi connectivity index (χ0) is 24.3. The summed E-state index contributed by atoms with van der Waals surface area (Å²) in [4.78, 5) is 11.6. The maximum absolute atomic E-state index is 13.5. The molecule has 0 saturated carbocycles. The summed E-state index contributed by atoms with van der Waals surface area (Å²) in [6.45, 7) is 9.87. The molecule has 0 N–H and O–H groups in total. The number of halogens is 1. The third-order valence-corrected chi connectivity index (χ3v) is 7.37. The van der Waals surface area contributed by atoms with Gasteiger partial charge < -0.3 is 18.5 Å². The topological polar surface area (TPSA) is 61.6 Å². The van der Waals surface area contributed by atoms with Crippen molar-refractivity contribution in [2.24, 2.45) is 0 Å². The van der Waals surface area contributed by atoms with Crippen LogP contribution in [0.25, 0.3) is 11.0 Å². The maximum Gasteiger partial charge on any atom is 0.170 e. The summed E-state index contributed by atoms with van der Waals surface area (Å²) >= 11 is 0. The van der Waals surface area contributed by atoms with Crippen molar-refractivity contribution in [2.45, 2.75) is 52.0 Å². The van der Waals surface area contributed by atoms with Crippen LogP contribution in [0.3, 0.4) is 0 Å². The molecule has 0 spiro atoms. The van der Waals surface area contributed by atoms with Crippen molar-refractivity contribution in [3.8, 4) is 11.5 Å². The number of methoxy groups -OCH3 is 1. The van der Waals surface area contributed by atoms with Gasteiger partial charge in [-0.05, 0) is 51.1 Å². The number of fused-ring (bicyclic) bond motifs is 1. The highest BCUT2D eigenvalue weighted by atomic mass is 19.1. The highest BCUT2D eigenvalue weighted by Gasteiger charge is 2.38. The fourth-order valence-electron chi connectivity index (χ4n) is 5.15. The molecule has 4 rings (SSSR count). The lowest BCUT2D eigenvalue weighted by Crippen LogP contribution is -2.57. The average molecular weight is 470 g/mol. The Kier molecular flexibility index (Phi) is 7.22. The second kappa shape index (κ2) is 10.1. The van der Waals surface area contributed by atoms with Gasteiger partial charge in [0.05, 0.1) is 45.1 Å². The highest BCUT2D eigenvalue weighted by molar-refractivity contribution is 5.94. The smallest absolute Gasteiger partial charge is 0.170 e. The van der Waals surface area contributed by atoms with Gasteiger partial charge in [0.1, 0.15) is 5.82 Å². The largest absolute Gasteiger partial charge is 0.493 e. The van der Waals surface area contributed by atoms with Gasteiger partial charge in [0, 0.05) is 42.2 Å². The number of aromatic nitrogens is 1. The van der Waals surface area contributed by atoms with E-state index in [0.717, 1.165) is 54.5 Å². The Bertz CT molecular complexity index is 1150. The van der Waals surface area contributed by atoms with E-state index < -0.39 is 0 Å². The van der Waals surface area contributed by atoms with Crippen LogP contribution in [0.15, 0.2) is 40.9 Å². The summed E-state index contributed by atoms with van der Waals surface area (Å²) in [5.41, 5.74) is 2.09. The number of carbonyl (C=O) groups excluding carboxylic acids is 1. The number of hydrogen-bond acceptors (Lipinski definition) is 5. The first kappa shape index (κ1) is 24.2. The molecule has 1 fully saturated rings. The standard InChI is InChI=1S/C27H34FN2O4/c1-18(2)30(12-5-15-33-24-9-6-21(19(3)31)16-26(24)32-4)13-10-20(11-14-30)27-23-8-7-22(28)17-25(23)34-29-27/h6-9,16-18,20H,5,10-15H2,1-4H3/q+1. The number of piperidine rings is 1. The second-order valence-corrected chi connectivity index (χ2v) is 9.59. The zero-order valence-electron chi connectivity index (χ0n) is 20.5. The summed E-state index contributed by atoms with van der Waals surface area (Å²) in [6.07, 6.45) is 2.98. The van der Waals surface area contributed by atoms with E-state index in [9.17, 15) is 9.18 Å².